The SMILES string of the molecule is CC1(C)C(=O)N(c2cnc(C#N)c(C(F)(F)F)c2)C(=S)N1C1CCC(OCCN2CCN(CC(=O)Nc3cc(F)cc(NC4CCC(=O)NC4=O)c3)C(C(F)(F)F)C2)CC1. The Balaban J connectivity index is 0.980. The highest BCUT2D eigenvalue weighted by Gasteiger charge is 2.53. The predicted octanol–water partition coefficient (Wildman–Crippen LogP) is 4.56. The number of carbonyl (C=O) groups excluding carboxylic acids is 4. The molecule has 14 nitrogen and oxygen atoms in total. The molecule has 4 heterocycles. The standard InChI is InChI=1S/C38H42F7N9O5S/c1-36(2)34(58)53(25-16-27(37(40,41)42)29(17-46)47-18-25)35(60)54(36)24-3-5-26(6-4-24)59-12-11-51-9-10-52(30(19-51)38(43,44)45)20-32(56)49-23-14-21(39)13-22(15-23)48-28-7-8-31(55)50-33(28)57/h13-16,18,24,26,28,30,48H,3-12,19-20H2,1-2H3,(H,49,56)(H,50,55,57). The van der Waals surface area contributed by atoms with Crippen LogP contribution in [0.4, 0.5) is 47.8 Å². The van der Waals surface area contributed by atoms with Gasteiger partial charge in [0.15, 0.2) is 10.8 Å². The first-order chi connectivity index (χ1) is 28.1. The molecule has 4 amide bonds. The quantitative estimate of drug-likeness (QED) is 0.164. The summed E-state index contributed by atoms with van der Waals surface area (Å²) in [4.78, 5) is 59.0. The van der Waals surface area contributed by atoms with Crippen LogP contribution in [0, 0.1) is 17.1 Å². The summed E-state index contributed by atoms with van der Waals surface area (Å²) in [5, 5.41) is 16.5. The number of carbonyl (C=O) groups is 4. The van der Waals surface area contributed by atoms with E-state index in [1.54, 1.807) is 23.6 Å². The zero-order valence-corrected chi connectivity index (χ0v) is 33.3. The van der Waals surface area contributed by atoms with Gasteiger partial charge in [-0.25, -0.2) is 9.37 Å². The summed E-state index contributed by atoms with van der Waals surface area (Å²) in [5.41, 5.74) is -3.43. The number of benzene rings is 1. The number of halogens is 7. The highest BCUT2D eigenvalue weighted by molar-refractivity contribution is 7.80. The molecule has 1 aromatic heterocycles. The van der Waals surface area contributed by atoms with Gasteiger partial charge >= 0.3 is 12.4 Å². The van der Waals surface area contributed by atoms with E-state index < -0.39 is 83.8 Å². The number of rotatable bonds is 11. The molecular formula is C38H42F7N9O5S. The van der Waals surface area contributed by atoms with Crippen LogP contribution in [0.2, 0.25) is 0 Å². The number of piperidine rings is 1. The number of imide groups is 1. The topological polar surface area (TPSA) is 163 Å². The summed E-state index contributed by atoms with van der Waals surface area (Å²) in [7, 11) is 0. The summed E-state index contributed by atoms with van der Waals surface area (Å²) >= 11 is 5.64. The molecule has 0 radical (unpaired) electrons. The third kappa shape index (κ3) is 9.96. The van der Waals surface area contributed by atoms with E-state index in [2.05, 4.69) is 20.9 Å². The van der Waals surface area contributed by atoms with E-state index in [9.17, 15) is 49.9 Å². The number of pyridine rings is 1. The number of amides is 4. The molecule has 324 valence electrons. The molecule has 1 aromatic carbocycles. The Hall–Kier alpha value is -4.98. The van der Waals surface area contributed by atoms with Crippen molar-refractivity contribution in [1.29, 1.82) is 5.26 Å². The minimum atomic E-state index is -4.89. The molecule has 3 saturated heterocycles. The van der Waals surface area contributed by atoms with Crippen LogP contribution in [-0.2, 0) is 30.1 Å². The molecule has 4 aliphatic rings. The Bertz CT molecular complexity index is 2060. The molecule has 0 bridgehead atoms. The van der Waals surface area contributed by atoms with Crippen molar-refractivity contribution >= 4 is 58.0 Å². The highest BCUT2D eigenvalue weighted by Crippen LogP contribution is 2.40. The van der Waals surface area contributed by atoms with E-state index >= 15 is 0 Å². The van der Waals surface area contributed by atoms with Gasteiger partial charge in [-0.05, 0) is 82.4 Å². The number of hydrogen-bond donors (Lipinski definition) is 3. The van der Waals surface area contributed by atoms with Gasteiger partial charge in [0.2, 0.25) is 17.7 Å². The number of nitrogens with one attached hydrogen (secondary N) is 3. The van der Waals surface area contributed by atoms with E-state index in [1.165, 1.54) is 12.1 Å². The lowest BCUT2D eigenvalue weighted by atomic mass is 9.89. The number of piperazine rings is 1. The number of hydrogen-bond acceptors (Lipinski definition) is 11. The van der Waals surface area contributed by atoms with Gasteiger partial charge in [-0.2, -0.15) is 31.6 Å². The third-order valence-electron chi connectivity index (χ3n) is 11.1. The number of aromatic nitrogens is 1. The van der Waals surface area contributed by atoms with E-state index in [-0.39, 0.29) is 73.4 Å². The number of thiocarbonyl (C=S) groups is 1. The molecule has 4 fully saturated rings. The average molecular weight is 870 g/mol. The largest absolute Gasteiger partial charge is 0.419 e. The molecule has 2 atom stereocenters. The summed E-state index contributed by atoms with van der Waals surface area (Å²) in [5.74, 6) is -3.14. The summed E-state index contributed by atoms with van der Waals surface area (Å²) < 4.78 is 104. The maximum absolute atomic E-state index is 14.4. The summed E-state index contributed by atoms with van der Waals surface area (Å²) in [6.45, 7) is 2.64. The predicted molar refractivity (Wildman–Crippen MR) is 205 cm³/mol. The van der Waals surface area contributed by atoms with Crippen molar-refractivity contribution in [2.24, 2.45) is 0 Å². The van der Waals surface area contributed by atoms with Crippen molar-refractivity contribution in [2.45, 2.75) is 94.5 Å². The van der Waals surface area contributed by atoms with Crippen molar-refractivity contribution in [3.63, 3.8) is 0 Å². The van der Waals surface area contributed by atoms with Crippen molar-refractivity contribution in [2.75, 3.05) is 54.9 Å². The second-order valence-electron chi connectivity index (χ2n) is 15.6. The van der Waals surface area contributed by atoms with E-state index in [4.69, 9.17) is 22.2 Å². The monoisotopic (exact) mass is 869 g/mol. The normalized spacial score (nSPS) is 24.3. The van der Waals surface area contributed by atoms with E-state index in [0.717, 1.165) is 28.1 Å². The molecule has 60 heavy (non-hydrogen) atoms. The zero-order chi connectivity index (χ0) is 43.7. The van der Waals surface area contributed by atoms with Crippen molar-refractivity contribution < 1.29 is 54.6 Å². The Morgan fingerprint density at radius 1 is 1.03 bits per heavy atom. The second-order valence-corrected chi connectivity index (χ2v) is 16.0. The lowest BCUT2D eigenvalue weighted by Gasteiger charge is -2.42. The summed E-state index contributed by atoms with van der Waals surface area (Å²) in [6.07, 6.45) is -6.47. The summed E-state index contributed by atoms with van der Waals surface area (Å²) in [6, 6.07) is 2.45. The van der Waals surface area contributed by atoms with Gasteiger partial charge < -0.3 is 20.3 Å². The molecule has 1 aliphatic carbocycles. The van der Waals surface area contributed by atoms with Crippen LogP contribution < -0.4 is 20.9 Å². The molecule has 2 unspecified atom stereocenters. The Morgan fingerprint density at radius 3 is 2.38 bits per heavy atom. The minimum Gasteiger partial charge on any atom is -0.377 e. The lowest BCUT2D eigenvalue weighted by Crippen LogP contribution is -2.60. The van der Waals surface area contributed by atoms with Gasteiger partial charge in [0.25, 0.3) is 5.91 Å². The van der Waals surface area contributed by atoms with Crippen LogP contribution in [0.5, 0.6) is 0 Å². The van der Waals surface area contributed by atoms with Gasteiger partial charge in [0.1, 0.15) is 29.5 Å². The van der Waals surface area contributed by atoms with Gasteiger partial charge in [-0.1, -0.05) is 0 Å². The van der Waals surface area contributed by atoms with Crippen LogP contribution >= 0.6 is 12.2 Å². The first kappa shape index (κ1) is 44.6. The molecular weight excluding hydrogens is 828 g/mol. The zero-order valence-electron chi connectivity index (χ0n) is 32.5. The fourth-order valence-corrected chi connectivity index (χ4v) is 8.66. The minimum absolute atomic E-state index is 0.00674. The number of ether oxygens (including phenoxy) is 1. The Kier molecular flexibility index (Phi) is 13.0. The number of alkyl halides is 6. The molecule has 3 N–H and O–H groups in total. The molecule has 0 spiro atoms. The van der Waals surface area contributed by atoms with Gasteiger partial charge in [-0.3, -0.25) is 39.2 Å². The van der Waals surface area contributed by atoms with Gasteiger partial charge in [0.05, 0.1) is 36.7 Å². The third-order valence-corrected chi connectivity index (χ3v) is 11.5. The Labute approximate surface area is 345 Å². The highest BCUT2D eigenvalue weighted by atomic mass is 32.1. The molecule has 6 rings (SSSR count). The van der Waals surface area contributed by atoms with E-state index in [1.807, 2.05) is 0 Å². The van der Waals surface area contributed by atoms with Crippen molar-refractivity contribution in [3.8, 4) is 6.07 Å². The van der Waals surface area contributed by atoms with Crippen molar-refractivity contribution in [3.05, 3.63) is 47.5 Å². The van der Waals surface area contributed by atoms with Crippen LogP contribution in [0.25, 0.3) is 0 Å². The average Bonchev–Trinajstić information content (AvgIpc) is 3.34. The van der Waals surface area contributed by atoms with Crippen LogP contribution in [0.15, 0.2) is 30.5 Å². The van der Waals surface area contributed by atoms with Gasteiger partial charge in [-0.15, -0.1) is 0 Å². The molecule has 2 aromatic rings. The fourth-order valence-electron chi connectivity index (χ4n) is 8.09. The fraction of sp³-hybridized carbons (Fsp3) is 0.553. The van der Waals surface area contributed by atoms with Crippen LogP contribution in [0.1, 0.15) is 63.6 Å². The van der Waals surface area contributed by atoms with Crippen LogP contribution in [-0.4, -0.2) is 124 Å². The molecule has 1 saturated carbocycles. The lowest BCUT2D eigenvalue weighted by molar-refractivity contribution is -0.197. The van der Waals surface area contributed by atoms with E-state index in [0.29, 0.717) is 31.7 Å². The molecule has 22 heteroatoms. The van der Waals surface area contributed by atoms with Gasteiger partial charge in [0, 0.05) is 50.0 Å². The van der Waals surface area contributed by atoms with Crippen molar-refractivity contribution in [1.82, 2.24) is 25.0 Å². The second kappa shape index (κ2) is 17.6. The smallest absolute Gasteiger partial charge is 0.377 e. The Morgan fingerprint density at radius 2 is 1.73 bits per heavy atom. The first-order valence-electron chi connectivity index (χ1n) is 19.2. The maximum Gasteiger partial charge on any atom is 0.419 e. The number of nitriles is 1. The first-order valence-corrected chi connectivity index (χ1v) is 19.6. The molecule has 3 aliphatic heterocycles. The van der Waals surface area contributed by atoms with Crippen LogP contribution in [0.3, 0.4) is 0 Å². The number of nitrogens with zero attached hydrogens (tertiary/aromatic N) is 6. The maximum atomic E-state index is 14.4. The number of anilines is 3.